The molecule has 0 N–H and O–H groups in total. The topological polar surface area (TPSA) is 76.1 Å². The molecule has 0 saturated carbocycles. The molecule has 2 aromatic heterocycles. The molecule has 0 aliphatic heterocycles. The van der Waals surface area contributed by atoms with E-state index in [1.54, 1.807) is 29.1 Å². The monoisotopic (exact) mass is 438 g/mol. The first-order valence-corrected chi connectivity index (χ1v) is 10.7. The largest absolute Gasteiger partial charge is 0.468 e. The van der Waals surface area contributed by atoms with Crippen LogP contribution in [0.1, 0.15) is 29.8 Å². The molecule has 0 spiro atoms. The third kappa shape index (κ3) is 6.59. The summed E-state index contributed by atoms with van der Waals surface area (Å²) < 4.78 is 16.1. The van der Waals surface area contributed by atoms with Crippen LogP contribution in [0.25, 0.3) is 0 Å². The van der Waals surface area contributed by atoms with E-state index in [2.05, 4.69) is 0 Å². The number of furan rings is 2. The van der Waals surface area contributed by atoms with E-state index in [4.69, 9.17) is 13.6 Å². The third-order valence-electron chi connectivity index (χ3n) is 5.38. The minimum absolute atomic E-state index is 0.0471. The molecule has 170 valence electrons. The lowest BCUT2D eigenvalue weighted by molar-refractivity contribution is -0.148. The van der Waals surface area contributed by atoms with Crippen molar-refractivity contribution in [2.75, 3.05) is 20.2 Å². The second kappa shape index (κ2) is 11.3. The van der Waals surface area contributed by atoms with Crippen molar-refractivity contribution in [2.45, 2.75) is 39.4 Å². The normalized spacial score (nSPS) is 12.0. The van der Waals surface area contributed by atoms with Crippen molar-refractivity contribution in [1.29, 1.82) is 0 Å². The van der Waals surface area contributed by atoms with E-state index < -0.39 is 12.0 Å². The van der Waals surface area contributed by atoms with E-state index in [1.165, 1.54) is 7.11 Å². The minimum Gasteiger partial charge on any atom is -0.468 e. The third-order valence-corrected chi connectivity index (χ3v) is 5.38. The van der Waals surface area contributed by atoms with Gasteiger partial charge in [0.05, 0.1) is 33.0 Å². The highest BCUT2D eigenvalue weighted by molar-refractivity contribution is 5.80. The Morgan fingerprint density at radius 3 is 2.41 bits per heavy atom. The van der Waals surface area contributed by atoms with Gasteiger partial charge in [-0.25, -0.2) is 0 Å². The number of benzene rings is 1. The van der Waals surface area contributed by atoms with E-state index in [1.807, 2.05) is 55.5 Å². The molecule has 0 unspecified atom stereocenters. The van der Waals surface area contributed by atoms with Crippen molar-refractivity contribution < 1.29 is 23.2 Å². The van der Waals surface area contributed by atoms with Gasteiger partial charge in [0, 0.05) is 6.54 Å². The molecule has 0 fully saturated rings. The van der Waals surface area contributed by atoms with Crippen LogP contribution in [0.15, 0.2) is 69.7 Å². The quantitative estimate of drug-likeness (QED) is 0.424. The first-order chi connectivity index (χ1) is 15.5. The SMILES string of the molecule is COC(=O)[C@H](C)N(CC(=O)N(CCc1ccccc1)Cc1ccc(C)o1)Cc1ccco1. The van der Waals surface area contributed by atoms with Gasteiger partial charge in [0.2, 0.25) is 5.91 Å². The molecular formula is C25H30N2O5. The molecule has 1 atom stereocenters. The van der Waals surface area contributed by atoms with Gasteiger partial charge < -0.3 is 18.5 Å². The lowest BCUT2D eigenvalue weighted by Gasteiger charge is -2.29. The molecule has 0 bridgehead atoms. The summed E-state index contributed by atoms with van der Waals surface area (Å²) in [6.07, 6.45) is 2.29. The van der Waals surface area contributed by atoms with Crippen LogP contribution in [-0.4, -0.2) is 47.9 Å². The number of hydrogen-bond donors (Lipinski definition) is 0. The van der Waals surface area contributed by atoms with Gasteiger partial charge in [-0.1, -0.05) is 30.3 Å². The Hall–Kier alpha value is -3.32. The molecule has 2 heterocycles. The van der Waals surface area contributed by atoms with Gasteiger partial charge in [-0.05, 0) is 50.1 Å². The Bertz CT molecular complexity index is 981. The van der Waals surface area contributed by atoms with Crippen molar-refractivity contribution >= 4 is 11.9 Å². The summed E-state index contributed by atoms with van der Waals surface area (Å²) in [6, 6.07) is 16.8. The standard InChI is InChI=1S/C25H30N2O5/c1-19-11-12-23(32-19)17-26(14-13-21-8-5-4-6-9-21)24(28)18-27(20(2)25(29)30-3)16-22-10-7-15-31-22/h4-12,15,20H,13-14,16-18H2,1-3H3/t20-/m0/s1. The molecule has 1 aromatic carbocycles. The summed E-state index contributed by atoms with van der Waals surface area (Å²) in [5, 5.41) is 0. The number of aryl methyl sites for hydroxylation is 1. The van der Waals surface area contributed by atoms with Gasteiger partial charge in [-0.3, -0.25) is 14.5 Å². The average molecular weight is 439 g/mol. The van der Waals surface area contributed by atoms with Crippen LogP contribution in [0.2, 0.25) is 0 Å². The van der Waals surface area contributed by atoms with E-state index in [0.29, 0.717) is 25.4 Å². The molecule has 0 radical (unpaired) electrons. The number of rotatable bonds is 11. The number of nitrogens with zero attached hydrogens (tertiary/aromatic N) is 2. The molecule has 7 heteroatoms. The number of carbonyl (C=O) groups excluding carboxylic acids is 2. The predicted molar refractivity (Wildman–Crippen MR) is 120 cm³/mol. The summed E-state index contributed by atoms with van der Waals surface area (Å²) in [5.41, 5.74) is 1.15. The molecule has 0 aliphatic carbocycles. The highest BCUT2D eigenvalue weighted by Crippen LogP contribution is 2.14. The summed E-state index contributed by atoms with van der Waals surface area (Å²) >= 11 is 0. The van der Waals surface area contributed by atoms with Crippen molar-refractivity contribution in [2.24, 2.45) is 0 Å². The number of methoxy groups -OCH3 is 1. The second-order valence-electron chi connectivity index (χ2n) is 7.75. The van der Waals surface area contributed by atoms with Crippen LogP contribution in [0.5, 0.6) is 0 Å². The van der Waals surface area contributed by atoms with Gasteiger partial charge in [-0.2, -0.15) is 0 Å². The maximum Gasteiger partial charge on any atom is 0.322 e. The summed E-state index contributed by atoms with van der Waals surface area (Å²) in [6.45, 7) is 4.87. The Balaban J connectivity index is 1.75. The van der Waals surface area contributed by atoms with Crippen LogP contribution in [0.4, 0.5) is 0 Å². The molecule has 7 nitrogen and oxygen atoms in total. The van der Waals surface area contributed by atoms with Crippen LogP contribution >= 0.6 is 0 Å². The molecule has 32 heavy (non-hydrogen) atoms. The fraction of sp³-hybridized carbons (Fsp3) is 0.360. The average Bonchev–Trinajstić information content (AvgIpc) is 3.47. The smallest absolute Gasteiger partial charge is 0.322 e. The highest BCUT2D eigenvalue weighted by Gasteiger charge is 2.27. The Morgan fingerprint density at radius 2 is 1.78 bits per heavy atom. The Morgan fingerprint density at radius 1 is 1.00 bits per heavy atom. The van der Waals surface area contributed by atoms with E-state index in [0.717, 1.165) is 23.5 Å². The zero-order valence-corrected chi connectivity index (χ0v) is 18.8. The van der Waals surface area contributed by atoms with Crippen molar-refractivity contribution in [3.8, 4) is 0 Å². The van der Waals surface area contributed by atoms with E-state index in [-0.39, 0.29) is 12.5 Å². The first kappa shape index (κ1) is 23.3. The maximum absolute atomic E-state index is 13.4. The Kier molecular flexibility index (Phi) is 8.27. The Labute approximate surface area is 188 Å². The van der Waals surface area contributed by atoms with E-state index >= 15 is 0 Å². The zero-order chi connectivity index (χ0) is 22.9. The first-order valence-electron chi connectivity index (χ1n) is 10.7. The molecule has 0 aliphatic rings. The zero-order valence-electron chi connectivity index (χ0n) is 18.8. The lowest BCUT2D eigenvalue weighted by Crippen LogP contribution is -2.46. The van der Waals surface area contributed by atoms with Crippen LogP contribution in [0.3, 0.4) is 0 Å². The fourth-order valence-corrected chi connectivity index (χ4v) is 3.48. The van der Waals surface area contributed by atoms with Crippen molar-refractivity contribution in [3.05, 3.63) is 83.7 Å². The lowest BCUT2D eigenvalue weighted by atomic mass is 10.1. The van der Waals surface area contributed by atoms with Crippen LogP contribution < -0.4 is 0 Å². The van der Waals surface area contributed by atoms with Crippen LogP contribution in [0, 0.1) is 6.92 Å². The predicted octanol–water partition coefficient (Wildman–Crippen LogP) is 3.82. The molecule has 3 aromatic rings. The number of ether oxygens (including phenoxy) is 1. The van der Waals surface area contributed by atoms with E-state index in [9.17, 15) is 9.59 Å². The van der Waals surface area contributed by atoms with Gasteiger partial charge >= 0.3 is 5.97 Å². The van der Waals surface area contributed by atoms with Gasteiger partial charge in [0.15, 0.2) is 0 Å². The second-order valence-corrected chi connectivity index (χ2v) is 7.75. The van der Waals surface area contributed by atoms with Crippen molar-refractivity contribution in [1.82, 2.24) is 9.80 Å². The molecule has 3 rings (SSSR count). The summed E-state index contributed by atoms with van der Waals surface area (Å²) in [4.78, 5) is 29.1. The van der Waals surface area contributed by atoms with Gasteiger partial charge in [-0.15, -0.1) is 0 Å². The number of carbonyl (C=O) groups is 2. The van der Waals surface area contributed by atoms with Crippen LogP contribution in [-0.2, 0) is 33.8 Å². The van der Waals surface area contributed by atoms with Gasteiger partial charge in [0.25, 0.3) is 0 Å². The van der Waals surface area contributed by atoms with Gasteiger partial charge in [0.1, 0.15) is 23.3 Å². The maximum atomic E-state index is 13.4. The minimum atomic E-state index is -0.601. The number of esters is 1. The number of hydrogen-bond acceptors (Lipinski definition) is 6. The number of amides is 1. The summed E-state index contributed by atoms with van der Waals surface area (Å²) in [5.74, 6) is 1.70. The molecule has 1 amide bonds. The fourth-order valence-electron chi connectivity index (χ4n) is 3.48. The van der Waals surface area contributed by atoms with Crippen molar-refractivity contribution in [3.63, 3.8) is 0 Å². The molecule has 0 saturated heterocycles. The highest BCUT2D eigenvalue weighted by atomic mass is 16.5. The summed E-state index contributed by atoms with van der Waals surface area (Å²) in [7, 11) is 1.34. The molecular weight excluding hydrogens is 408 g/mol.